The lowest BCUT2D eigenvalue weighted by atomic mass is 10.0. The second-order valence-electron chi connectivity index (χ2n) is 6.62. The van der Waals surface area contributed by atoms with Gasteiger partial charge in [-0.15, -0.1) is 0 Å². The van der Waals surface area contributed by atoms with Gasteiger partial charge in [-0.2, -0.15) is 0 Å². The Kier molecular flexibility index (Phi) is 6.58. The predicted molar refractivity (Wildman–Crippen MR) is 104 cm³/mol. The highest BCUT2D eigenvalue weighted by atomic mass is 16.5. The molecule has 1 aliphatic heterocycles. The molecule has 144 valence electrons. The molecule has 0 aliphatic carbocycles. The standard InChI is InChI=1S/C22H27NO4/c1-25-18-12-13-21(26-2)19(16-18)20-10-6-14-23(20)22(24)11-7-15-27-17-8-4-3-5-9-17/h3-5,8-9,12-13,16,20H,6-7,10-11,14-15H2,1-2H3. The molecule has 2 aromatic rings. The van der Waals surface area contributed by atoms with Crippen LogP contribution in [0.1, 0.15) is 37.3 Å². The van der Waals surface area contributed by atoms with Crippen molar-refractivity contribution in [3.05, 3.63) is 54.1 Å². The van der Waals surface area contributed by atoms with E-state index >= 15 is 0 Å². The molecular weight excluding hydrogens is 342 g/mol. The first-order valence-electron chi connectivity index (χ1n) is 9.42. The highest BCUT2D eigenvalue weighted by Crippen LogP contribution is 2.39. The molecule has 0 saturated carbocycles. The fourth-order valence-corrected chi connectivity index (χ4v) is 3.56. The van der Waals surface area contributed by atoms with E-state index in [1.54, 1.807) is 14.2 Å². The Balaban J connectivity index is 1.59. The maximum Gasteiger partial charge on any atom is 0.223 e. The summed E-state index contributed by atoms with van der Waals surface area (Å²) in [7, 11) is 3.31. The third-order valence-electron chi connectivity index (χ3n) is 4.92. The number of benzene rings is 2. The van der Waals surface area contributed by atoms with Crippen LogP contribution >= 0.6 is 0 Å². The fourth-order valence-electron chi connectivity index (χ4n) is 3.56. The lowest BCUT2D eigenvalue weighted by Crippen LogP contribution is -2.30. The van der Waals surface area contributed by atoms with Gasteiger partial charge in [-0.3, -0.25) is 4.79 Å². The lowest BCUT2D eigenvalue weighted by Gasteiger charge is -2.27. The summed E-state index contributed by atoms with van der Waals surface area (Å²) in [5.41, 5.74) is 1.02. The van der Waals surface area contributed by atoms with E-state index in [4.69, 9.17) is 14.2 Å². The Morgan fingerprint density at radius 2 is 1.89 bits per heavy atom. The summed E-state index contributed by atoms with van der Waals surface area (Å²) in [6, 6.07) is 15.5. The summed E-state index contributed by atoms with van der Waals surface area (Å²) >= 11 is 0. The molecule has 1 saturated heterocycles. The molecule has 0 bridgehead atoms. The zero-order valence-corrected chi connectivity index (χ0v) is 16.0. The average Bonchev–Trinajstić information content (AvgIpc) is 3.21. The van der Waals surface area contributed by atoms with Crippen LogP contribution in [0, 0.1) is 0 Å². The summed E-state index contributed by atoms with van der Waals surface area (Å²) in [4.78, 5) is 14.8. The van der Waals surface area contributed by atoms with Crippen LogP contribution in [0.3, 0.4) is 0 Å². The van der Waals surface area contributed by atoms with Crippen molar-refractivity contribution in [1.82, 2.24) is 4.90 Å². The van der Waals surface area contributed by atoms with Crippen molar-refractivity contribution in [2.24, 2.45) is 0 Å². The van der Waals surface area contributed by atoms with Crippen molar-refractivity contribution in [2.75, 3.05) is 27.4 Å². The van der Waals surface area contributed by atoms with Gasteiger partial charge in [0.1, 0.15) is 17.2 Å². The number of nitrogens with zero attached hydrogens (tertiary/aromatic N) is 1. The average molecular weight is 369 g/mol. The van der Waals surface area contributed by atoms with Crippen LogP contribution in [0.15, 0.2) is 48.5 Å². The minimum Gasteiger partial charge on any atom is -0.497 e. The van der Waals surface area contributed by atoms with Gasteiger partial charge in [0, 0.05) is 18.5 Å². The molecule has 1 atom stereocenters. The second-order valence-corrected chi connectivity index (χ2v) is 6.62. The third-order valence-corrected chi connectivity index (χ3v) is 4.92. The van der Waals surface area contributed by atoms with Crippen LogP contribution < -0.4 is 14.2 Å². The molecule has 0 N–H and O–H groups in total. The summed E-state index contributed by atoms with van der Waals surface area (Å²) in [6.07, 6.45) is 3.12. The molecule has 1 fully saturated rings. The molecule has 0 aromatic heterocycles. The Labute approximate surface area is 160 Å². The van der Waals surface area contributed by atoms with Crippen molar-refractivity contribution in [3.8, 4) is 17.2 Å². The number of carbonyl (C=O) groups excluding carboxylic acids is 1. The number of methoxy groups -OCH3 is 2. The molecule has 5 nitrogen and oxygen atoms in total. The van der Waals surface area contributed by atoms with Crippen molar-refractivity contribution >= 4 is 5.91 Å². The molecule has 0 spiro atoms. The van der Waals surface area contributed by atoms with Crippen LogP contribution in [-0.2, 0) is 4.79 Å². The molecule has 1 amide bonds. The van der Waals surface area contributed by atoms with Crippen LogP contribution in [0.25, 0.3) is 0 Å². The molecule has 1 unspecified atom stereocenters. The molecule has 1 heterocycles. The number of ether oxygens (including phenoxy) is 3. The quantitative estimate of drug-likeness (QED) is 0.654. The minimum absolute atomic E-state index is 0.0394. The Morgan fingerprint density at radius 3 is 2.63 bits per heavy atom. The van der Waals surface area contributed by atoms with Gasteiger partial charge in [0.2, 0.25) is 5.91 Å². The molecule has 5 heteroatoms. The number of carbonyl (C=O) groups is 1. The zero-order valence-electron chi connectivity index (χ0n) is 16.0. The van der Waals surface area contributed by atoms with E-state index in [1.165, 1.54) is 0 Å². The number of amides is 1. The van der Waals surface area contributed by atoms with Crippen molar-refractivity contribution in [1.29, 1.82) is 0 Å². The SMILES string of the molecule is COc1ccc(OC)c(C2CCCN2C(=O)CCCOc2ccccc2)c1. The van der Waals surface area contributed by atoms with Crippen LogP contribution in [0.5, 0.6) is 17.2 Å². The van der Waals surface area contributed by atoms with E-state index in [0.717, 1.165) is 42.2 Å². The first-order valence-corrected chi connectivity index (χ1v) is 9.42. The molecule has 1 aliphatic rings. The smallest absolute Gasteiger partial charge is 0.223 e. The minimum atomic E-state index is 0.0394. The summed E-state index contributed by atoms with van der Waals surface area (Å²) in [5, 5.41) is 0. The third kappa shape index (κ3) is 4.73. The van der Waals surface area contributed by atoms with Crippen molar-refractivity contribution < 1.29 is 19.0 Å². The highest BCUT2D eigenvalue weighted by molar-refractivity contribution is 5.77. The van der Waals surface area contributed by atoms with E-state index in [0.29, 0.717) is 19.4 Å². The first-order chi connectivity index (χ1) is 13.2. The number of rotatable bonds is 8. The number of hydrogen-bond acceptors (Lipinski definition) is 4. The van der Waals surface area contributed by atoms with Crippen molar-refractivity contribution in [2.45, 2.75) is 31.7 Å². The predicted octanol–water partition coefficient (Wildman–Crippen LogP) is 4.23. The lowest BCUT2D eigenvalue weighted by molar-refractivity contribution is -0.132. The van der Waals surface area contributed by atoms with E-state index < -0.39 is 0 Å². The normalized spacial score (nSPS) is 16.2. The van der Waals surface area contributed by atoms with E-state index in [-0.39, 0.29) is 11.9 Å². The number of likely N-dealkylation sites (tertiary alicyclic amines) is 1. The Hall–Kier alpha value is -2.69. The zero-order chi connectivity index (χ0) is 19.1. The molecule has 3 rings (SSSR count). The maximum atomic E-state index is 12.8. The first kappa shape index (κ1) is 19.1. The van der Waals surface area contributed by atoms with Crippen molar-refractivity contribution in [3.63, 3.8) is 0 Å². The van der Waals surface area contributed by atoms with Crippen LogP contribution in [0.2, 0.25) is 0 Å². The van der Waals surface area contributed by atoms with Crippen LogP contribution in [-0.4, -0.2) is 38.2 Å². The van der Waals surface area contributed by atoms with Gasteiger partial charge in [-0.25, -0.2) is 0 Å². The fraction of sp³-hybridized carbons (Fsp3) is 0.409. The van der Waals surface area contributed by atoms with Gasteiger partial charge in [0.15, 0.2) is 0 Å². The Bertz CT molecular complexity index is 747. The summed E-state index contributed by atoms with van der Waals surface area (Å²) < 4.78 is 16.6. The molecule has 0 radical (unpaired) electrons. The van der Waals surface area contributed by atoms with Gasteiger partial charge in [-0.1, -0.05) is 18.2 Å². The highest BCUT2D eigenvalue weighted by Gasteiger charge is 2.31. The molecular formula is C22H27NO4. The van der Waals surface area contributed by atoms with E-state index in [9.17, 15) is 4.79 Å². The Morgan fingerprint density at radius 1 is 1.07 bits per heavy atom. The summed E-state index contributed by atoms with van der Waals surface area (Å²) in [5.74, 6) is 2.58. The van der Waals surface area contributed by atoms with Gasteiger partial charge in [0.05, 0.1) is 26.9 Å². The van der Waals surface area contributed by atoms with Gasteiger partial charge < -0.3 is 19.1 Å². The van der Waals surface area contributed by atoms with Gasteiger partial charge in [-0.05, 0) is 49.6 Å². The second kappa shape index (κ2) is 9.31. The van der Waals surface area contributed by atoms with Crippen LogP contribution in [0.4, 0.5) is 0 Å². The van der Waals surface area contributed by atoms with Gasteiger partial charge >= 0.3 is 0 Å². The van der Waals surface area contributed by atoms with E-state index in [2.05, 4.69) is 0 Å². The van der Waals surface area contributed by atoms with E-state index in [1.807, 2.05) is 53.4 Å². The largest absolute Gasteiger partial charge is 0.497 e. The molecule has 27 heavy (non-hydrogen) atoms. The van der Waals surface area contributed by atoms with Gasteiger partial charge in [0.25, 0.3) is 0 Å². The monoisotopic (exact) mass is 369 g/mol. The number of para-hydroxylation sites is 1. The summed E-state index contributed by atoms with van der Waals surface area (Å²) in [6.45, 7) is 1.32. The topological polar surface area (TPSA) is 48.0 Å². The number of hydrogen-bond donors (Lipinski definition) is 0. The molecule has 2 aromatic carbocycles. The maximum absolute atomic E-state index is 12.8.